The number of piperazine rings is 1. The molecule has 10 heteroatoms. The van der Waals surface area contributed by atoms with E-state index in [9.17, 15) is 13.2 Å². The van der Waals surface area contributed by atoms with Crippen molar-refractivity contribution in [1.82, 2.24) is 20.4 Å². The summed E-state index contributed by atoms with van der Waals surface area (Å²) < 4.78 is 34.3. The normalized spacial score (nSPS) is 16.8. The molecule has 1 amide bonds. The predicted molar refractivity (Wildman–Crippen MR) is 112 cm³/mol. The Morgan fingerprint density at radius 1 is 1.19 bits per heavy atom. The van der Waals surface area contributed by atoms with E-state index in [2.05, 4.69) is 15.5 Å². The minimum absolute atomic E-state index is 0.0888. The summed E-state index contributed by atoms with van der Waals surface area (Å²) >= 11 is 0. The number of hydrogen-bond donors (Lipinski definition) is 1. The smallest absolute Gasteiger partial charge is 0.261 e. The quantitative estimate of drug-likeness (QED) is 0.613. The minimum Gasteiger partial charge on any atom is -0.484 e. The lowest BCUT2D eigenvalue weighted by Crippen LogP contribution is -2.50. The second kappa shape index (κ2) is 8.86. The maximum absolute atomic E-state index is 12.8. The topological polar surface area (TPSA) is 115 Å². The highest BCUT2D eigenvalue weighted by Gasteiger charge is 2.32. The Hall–Kier alpha value is -3.24. The molecule has 2 aromatic carbocycles. The van der Waals surface area contributed by atoms with Crippen molar-refractivity contribution in [2.24, 2.45) is 0 Å². The zero-order valence-electron chi connectivity index (χ0n) is 16.9. The van der Waals surface area contributed by atoms with Gasteiger partial charge in [0, 0.05) is 31.5 Å². The molecule has 9 nitrogen and oxygen atoms in total. The Bertz CT molecular complexity index is 1150. The summed E-state index contributed by atoms with van der Waals surface area (Å²) in [5.41, 5.74) is 0.622. The van der Waals surface area contributed by atoms with Gasteiger partial charge in [0.1, 0.15) is 11.8 Å². The van der Waals surface area contributed by atoms with E-state index in [1.54, 1.807) is 29.2 Å². The summed E-state index contributed by atoms with van der Waals surface area (Å²) in [4.78, 5) is 19.1. The second-order valence-electron chi connectivity index (χ2n) is 7.16. The van der Waals surface area contributed by atoms with Crippen LogP contribution in [0.1, 0.15) is 11.9 Å². The zero-order chi connectivity index (χ0) is 21.8. The highest BCUT2D eigenvalue weighted by molar-refractivity contribution is 7.90. The van der Waals surface area contributed by atoms with E-state index in [4.69, 9.17) is 9.26 Å². The van der Waals surface area contributed by atoms with E-state index < -0.39 is 15.9 Å². The third-order valence-corrected chi connectivity index (χ3v) is 6.07. The molecule has 1 atom stereocenters. The first-order chi connectivity index (χ1) is 14.9. The first kappa shape index (κ1) is 21.0. The number of carbonyl (C=O) groups excluding carboxylic acids is 1. The van der Waals surface area contributed by atoms with Crippen molar-refractivity contribution in [2.45, 2.75) is 10.9 Å². The SMILES string of the molecule is CS(=O)(=O)c1ccc(-c2noc(C3CNCCN3C(=O)COc3ccccc3)n2)cc1. The van der Waals surface area contributed by atoms with Crippen LogP contribution in [-0.2, 0) is 14.6 Å². The van der Waals surface area contributed by atoms with Crippen molar-refractivity contribution in [3.8, 4) is 17.1 Å². The van der Waals surface area contributed by atoms with Crippen LogP contribution >= 0.6 is 0 Å². The first-order valence-electron chi connectivity index (χ1n) is 9.74. The molecule has 0 bridgehead atoms. The van der Waals surface area contributed by atoms with Crippen molar-refractivity contribution in [1.29, 1.82) is 0 Å². The maximum Gasteiger partial charge on any atom is 0.261 e. The van der Waals surface area contributed by atoms with Gasteiger partial charge in [-0.2, -0.15) is 4.98 Å². The van der Waals surface area contributed by atoms with Gasteiger partial charge in [0.2, 0.25) is 5.82 Å². The number of benzene rings is 2. The monoisotopic (exact) mass is 442 g/mol. The zero-order valence-corrected chi connectivity index (χ0v) is 17.7. The van der Waals surface area contributed by atoms with Crippen LogP contribution in [-0.4, -0.2) is 61.9 Å². The molecule has 0 saturated carbocycles. The van der Waals surface area contributed by atoms with Crippen LogP contribution in [0.2, 0.25) is 0 Å². The van der Waals surface area contributed by atoms with Gasteiger partial charge in [-0.1, -0.05) is 23.4 Å². The van der Waals surface area contributed by atoms with Crippen molar-refractivity contribution < 1.29 is 22.5 Å². The molecule has 162 valence electrons. The van der Waals surface area contributed by atoms with Gasteiger partial charge in [-0.25, -0.2) is 8.42 Å². The number of nitrogens with one attached hydrogen (secondary N) is 1. The molecule has 1 saturated heterocycles. The largest absolute Gasteiger partial charge is 0.484 e. The van der Waals surface area contributed by atoms with Crippen LogP contribution in [0.15, 0.2) is 64.0 Å². The fourth-order valence-electron chi connectivity index (χ4n) is 3.31. The van der Waals surface area contributed by atoms with Crippen LogP contribution in [0.4, 0.5) is 0 Å². The van der Waals surface area contributed by atoms with Gasteiger partial charge in [-0.3, -0.25) is 4.79 Å². The number of amides is 1. The number of carbonyl (C=O) groups is 1. The molecule has 1 aliphatic rings. The minimum atomic E-state index is -3.28. The molecule has 3 aromatic rings. The van der Waals surface area contributed by atoms with E-state index in [0.717, 1.165) is 6.26 Å². The molecular formula is C21H22N4O5S. The van der Waals surface area contributed by atoms with Crippen molar-refractivity contribution in [3.63, 3.8) is 0 Å². The molecule has 4 rings (SSSR count). The standard InChI is InChI=1S/C21H22N4O5S/c1-31(27,28)17-9-7-15(8-10-17)20-23-21(30-24-20)18-13-22-11-12-25(18)19(26)14-29-16-5-3-2-4-6-16/h2-10,18,22H,11-14H2,1H3. The molecule has 1 aromatic heterocycles. The van der Waals surface area contributed by atoms with E-state index in [1.807, 2.05) is 18.2 Å². The van der Waals surface area contributed by atoms with E-state index in [0.29, 0.717) is 42.7 Å². The van der Waals surface area contributed by atoms with Gasteiger partial charge < -0.3 is 19.5 Å². The third-order valence-electron chi connectivity index (χ3n) is 4.94. The summed E-state index contributed by atoms with van der Waals surface area (Å²) in [6.07, 6.45) is 1.15. The molecule has 1 unspecified atom stereocenters. The van der Waals surface area contributed by atoms with Gasteiger partial charge in [0.15, 0.2) is 16.4 Å². The molecule has 0 radical (unpaired) electrons. The van der Waals surface area contributed by atoms with Crippen LogP contribution < -0.4 is 10.1 Å². The lowest BCUT2D eigenvalue weighted by atomic mass is 10.2. The van der Waals surface area contributed by atoms with Crippen molar-refractivity contribution >= 4 is 15.7 Å². The highest BCUT2D eigenvalue weighted by atomic mass is 32.2. The van der Waals surface area contributed by atoms with Crippen LogP contribution in [0, 0.1) is 0 Å². The van der Waals surface area contributed by atoms with Crippen LogP contribution in [0.25, 0.3) is 11.4 Å². The molecule has 1 fully saturated rings. The van der Waals surface area contributed by atoms with Gasteiger partial charge in [-0.15, -0.1) is 0 Å². The molecule has 1 N–H and O–H groups in total. The van der Waals surface area contributed by atoms with E-state index in [1.165, 1.54) is 12.1 Å². The van der Waals surface area contributed by atoms with Crippen LogP contribution in [0.5, 0.6) is 5.75 Å². The van der Waals surface area contributed by atoms with Crippen molar-refractivity contribution in [2.75, 3.05) is 32.5 Å². The Morgan fingerprint density at radius 2 is 1.94 bits per heavy atom. The number of sulfone groups is 1. The maximum atomic E-state index is 12.8. The number of nitrogens with zero attached hydrogens (tertiary/aromatic N) is 3. The Kier molecular flexibility index (Phi) is 6.01. The number of ether oxygens (including phenoxy) is 1. The molecule has 0 spiro atoms. The number of aromatic nitrogens is 2. The van der Waals surface area contributed by atoms with Gasteiger partial charge in [0.05, 0.1) is 4.90 Å². The summed E-state index contributed by atoms with van der Waals surface area (Å²) in [5.74, 6) is 1.09. The van der Waals surface area contributed by atoms with E-state index >= 15 is 0 Å². The molecule has 0 aliphatic carbocycles. The molecule has 1 aliphatic heterocycles. The average Bonchev–Trinajstić information content (AvgIpc) is 3.28. The number of hydrogen-bond acceptors (Lipinski definition) is 8. The van der Waals surface area contributed by atoms with Crippen molar-refractivity contribution in [3.05, 3.63) is 60.5 Å². The first-order valence-corrected chi connectivity index (χ1v) is 11.6. The molecule has 2 heterocycles. The lowest BCUT2D eigenvalue weighted by molar-refractivity contribution is -0.137. The number of para-hydroxylation sites is 1. The fraction of sp³-hybridized carbons (Fsp3) is 0.286. The highest BCUT2D eigenvalue weighted by Crippen LogP contribution is 2.25. The lowest BCUT2D eigenvalue weighted by Gasteiger charge is -2.33. The molecule has 31 heavy (non-hydrogen) atoms. The summed E-state index contributed by atoms with van der Waals surface area (Å²) in [5, 5.41) is 7.24. The third kappa shape index (κ3) is 4.92. The van der Waals surface area contributed by atoms with Gasteiger partial charge in [0.25, 0.3) is 11.8 Å². The van der Waals surface area contributed by atoms with E-state index in [-0.39, 0.29) is 17.4 Å². The Balaban J connectivity index is 1.48. The van der Waals surface area contributed by atoms with Crippen LogP contribution in [0.3, 0.4) is 0 Å². The Morgan fingerprint density at radius 3 is 2.65 bits per heavy atom. The van der Waals surface area contributed by atoms with Gasteiger partial charge in [-0.05, 0) is 36.4 Å². The predicted octanol–water partition coefficient (Wildman–Crippen LogP) is 1.69. The molecular weight excluding hydrogens is 420 g/mol. The number of rotatable bonds is 6. The Labute approximate surface area is 179 Å². The second-order valence-corrected chi connectivity index (χ2v) is 9.18. The fourth-order valence-corrected chi connectivity index (χ4v) is 3.94. The summed E-state index contributed by atoms with van der Waals surface area (Å²) in [7, 11) is -3.28. The average molecular weight is 442 g/mol. The van der Waals surface area contributed by atoms with Gasteiger partial charge >= 0.3 is 0 Å². The summed E-state index contributed by atoms with van der Waals surface area (Å²) in [6, 6.07) is 15.0. The summed E-state index contributed by atoms with van der Waals surface area (Å²) in [6.45, 7) is 1.53.